The van der Waals surface area contributed by atoms with Crippen LogP contribution in [0, 0.1) is 11.7 Å². The highest BCUT2D eigenvalue weighted by atomic mass is 79.9. The number of rotatable bonds is 7. The number of hydrogen-bond donors (Lipinski definition) is 1. The van der Waals surface area contributed by atoms with E-state index in [1.807, 2.05) is 0 Å². The second kappa shape index (κ2) is 6.48. The van der Waals surface area contributed by atoms with Crippen molar-refractivity contribution in [3.8, 4) is 0 Å². The smallest absolute Gasteiger partial charge is 0.231 e. The average Bonchev–Trinajstić information content (AvgIpc) is 2.99. The molecular formula is C13H15BrClF2NO2S. The summed E-state index contributed by atoms with van der Waals surface area (Å²) in [6, 6.07) is 3.25. The van der Waals surface area contributed by atoms with Gasteiger partial charge in [-0.3, -0.25) is 0 Å². The van der Waals surface area contributed by atoms with Crippen LogP contribution in [0.2, 0.25) is 5.02 Å². The fourth-order valence-electron chi connectivity index (χ4n) is 2.03. The average molecular weight is 403 g/mol. The Morgan fingerprint density at radius 1 is 1.43 bits per heavy atom. The van der Waals surface area contributed by atoms with E-state index in [0.29, 0.717) is 12.8 Å². The molecule has 2 atom stereocenters. The molecule has 0 saturated heterocycles. The van der Waals surface area contributed by atoms with E-state index in [9.17, 15) is 17.2 Å². The predicted molar refractivity (Wildman–Crippen MR) is 81.3 cm³/mol. The molecule has 8 heteroatoms. The molecular weight excluding hydrogens is 388 g/mol. The van der Waals surface area contributed by atoms with Crippen LogP contribution in [-0.2, 0) is 10.0 Å². The van der Waals surface area contributed by atoms with E-state index >= 15 is 0 Å². The Morgan fingerprint density at radius 3 is 2.67 bits per heavy atom. The summed E-state index contributed by atoms with van der Waals surface area (Å²) in [6.07, 6.45) is 2.61. The highest BCUT2D eigenvalue weighted by molar-refractivity contribution is 9.10. The lowest BCUT2D eigenvalue weighted by molar-refractivity contribution is 0.401. The van der Waals surface area contributed by atoms with Crippen LogP contribution in [0.25, 0.3) is 0 Å². The summed E-state index contributed by atoms with van der Waals surface area (Å²) >= 11 is 8.54. The first-order valence-electron chi connectivity index (χ1n) is 6.55. The number of halogens is 4. The standard InChI is InChI=1S/C13H15BrClF2NO2S/c14-13(17)8-9(13)3-1-2-6-18-21(19,20)10-4-5-12(16)11(15)7-10/h4-5,7,9,18H,1-3,6,8H2. The van der Waals surface area contributed by atoms with Gasteiger partial charge >= 0.3 is 0 Å². The molecule has 1 aromatic rings. The zero-order valence-electron chi connectivity index (χ0n) is 11.1. The van der Waals surface area contributed by atoms with Crippen LogP contribution in [0.3, 0.4) is 0 Å². The molecule has 1 N–H and O–H groups in total. The third-order valence-electron chi connectivity index (χ3n) is 3.43. The van der Waals surface area contributed by atoms with Gasteiger partial charge in [0.25, 0.3) is 0 Å². The quantitative estimate of drug-likeness (QED) is 0.553. The molecule has 1 fully saturated rings. The van der Waals surface area contributed by atoms with Crippen LogP contribution >= 0.6 is 27.5 Å². The summed E-state index contributed by atoms with van der Waals surface area (Å²) in [5.74, 6) is -0.630. The number of unbranched alkanes of at least 4 members (excludes halogenated alkanes) is 1. The molecule has 0 bridgehead atoms. The van der Waals surface area contributed by atoms with Crippen molar-refractivity contribution >= 4 is 37.6 Å². The summed E-state index contributed by atoms with van der Waals surface area (Å²) in [7, 11) is -3.69. The van der Waals surface area contributed by atoms with Crippen molar-refractivity contribution in [2.24, 2.45) is 5.92 Å². The first-order valence-corrected chi connectivity index (χ1v) is 9.20. The Labute approximate surface area is 136 Å². The molecule has 0 amide bonds. The number of sulfonamides is 1. The van der Waals surface area contributed by atoms with Gasteiger partial charge in [-0.2, -0.15) is 0 Å². The number of alkyl halides is 2. The molecule has 1 aliphatic rings. The zero-order chi connectivity index (χ0) is 15.7. The van der Waals surface area contributed by atoms with E-state index in [1.54, 1.807) is 0 Å². The van der Waals surface area contributed by atoms with Crippen LogP contribution in [0.15, 0.2) is 23.1 Å². The van der Waals surface area contributed by atoms with E-state index in [0.717, 1.165) is 31.0 Å². The van der Waals surface area contributed by atoms with E-state index < -0.39 is 20.4 Å². The van der Waals surface area contributed by atoms with Gasteiger partial charge in [0.2, 0.25) is 10.0 Å². The fourth-order valence-corrected chi connectivity index (χ4v) is 4.00. The van der Waals surface area contributed by atoms with Crippen molar-refractivity contribution in [2.45, 2.75) is 35.2 Å². The number of hydrogen-bond acceptors (Lipinski definition) is 2. The number of nitrogens with one attached hydrogen (secondary N) is 1. The summed E-state index contributed by atoms with van der Waals surface area (Å²) in [5.41, 5.74) is 0. The Bertz CT molecular complexity index is 625. The third kappa shape index (κ3) is 4.61. The van der Waals surface area contributed by atoms with Gasteiger partial charge in [0.15, 0.2) is 4.58 Å². The minimum atomic E-state index is -3.69. The maximum absolute atomic E-state index is 13.2. The first kappa shape index (κ1) is 17.1. The maximum Gasteiger partial charge on any atom is 0.240 e. The Morgan fingerprint density at radius 2 is 2.10 bits per heavy atom. The predicted octanol–water partition coefficient (Wildman–Crippen LogP) is 4.01. The van der Waals surface area contributed by atoms with Crippen molar-refractivity contribution < 1.29 is 17.2 Å². The van der Waals surface area contributed by atoms with Gasteiger partial charge < -0.3 is 0 Å². The van der Waals surface area contributed by atoms with Crippen LogP contribution in [0.5, 0.6) is 0 Å². The van der Waals surface area contributed by atoms with Gasteiger partial charge in [-0.05, 0) is 53.4 Å². The van der Waals surface area contributed by atoms with Crippen molar-refractivity contribution in [3.05, 3.63) is 29.0 Å². The largest absolute Gasteiger partial charge is 0.240 e. The van der Waals surface area contributed by atoms with Gasteiger partial charge in [-0.15, -0.1) is 0 Å². The lowest BCUT2D eigenvalue weighted by Crippen LogP contribution is -2.24. The summed E-state index contributed by atoms with van der Waals surface area (Å²) in [5, 5.41) is -0.233. The topological polar surface area (TPSA) is 46.2 Å². The van der Waals surface area contributed by atoms with Crippen LogP contribution in [0.4, 0.5) is 8.78 Å². The lowest BCUT2D eigenvalue weighted by atomic mass is 10.2. The van der Waals surface area contributed by atoms with Gasteiger partial charge in [0.05, 0.1) is 9.92 Å². The molecule has 118 valence electrons. The normalized spacial score (nSPS) is 25.0. The zero-order valence-corrected chi connectivity index (χ0v) is 14.2. The molecule has 0 spiro atoms. The molecule has 1 saturated carbocycles. The Balaban J connectivity index is 1.77. The lowest BCUT2D eigenvalue weighted by Gasteiger charge is -2.07. The molecule has 2 unspecified atom stereocenters. The minimum Gasteiger partial charge on any atom is -0.231 e. The second-order valence-electron chi connectivity index (χ2n) is 5.13. The van der Waals surface area contributed by atoms with Gasteiger partial charge in [-0.25, -0.2) is 21.9 Å². The van der Waals surface area contributed by atoms with Crippen molar-refractivity contribution in [3.63, 3.8) is 0 Å². The molecule has 0 aromatic heterocycles. The molecule has 0 aliphatic heterocycles. The number of benzene rings is 1. The molecule has 1 aliphatic carbocycles. The monoisotopic (exact) mass is 401 g/mol. The summed E-state index contributed by atoms with van der Waals surface area (Å²) < 4.78 is 51.3. The molecule has 0 heterocycles. The molecule has 0 radical (unpaired) electrons. The SMILES string of the molecule is O=S(=O)(NCCCCC1CC1(F)Br)c1ccc(F)c(Cl)c1. The summed E-state index contributed by atoms with van der Waals surface area (Å²) in [6.45, 7) is 0.256. The van der Waals surface area contributed by atoms with Crippen LogP contribution in [0.1, 0.15) is 25.7 Å². The minimum absolute atomic E-state index is 0.0324. The first-order chi connectivity index (χ1) is 9.72. The fraction of sp³-hybridized carbons (Fsp3) is 0.538. The van der Waals surface area contributed by atoms with Crippen molar-refractivity contribution in [1.29, 1.82) is 0 Å². The summed E-state index contributed by atoms with van der Waals surface area (Å²) in [4.78, 5) is -0.0701. The van der Waals surface area contributed by atoms with Crippen LogP contribution < -0.4 is 4.72 Å². The third-order valence-corrected chi connectivity index (χ3v) is 6.15. The Hall–Kier alpha value is -0.240. The Kier molecular flexibility index (Phi) is 5.28. The van der Waals surface area contributed by atoms with Crippen molar-refractivity contribution in [1.82, 2.24) is 4.72 Å². The van der Waals surface area contributed by atoms with Gasteiger partial charge in [0.1, 0.15) is 5.82 Å². The second-order valence-corrected chi connectivity index (χ2v) is 8.62. The molecule has 3 nitrogen and oxygen atoms in total. The van der Waals surface area contributed by atoms with Gasteiger partial charge in [-0.1, -0.05) is 18.0 Å². The van der Waals surface area contributed by atoms with E-state index in [1.165, 1.54) is 0 Å². The van der Waals surface area contributed by atoms with Crippen LogP contribution in [-0.4, -0.2) is 19.5 Å². The molecule has 2 rings (SSSR count). The van der Waals surface area contributed by atoms with Gasteiger partial charge in [0, 0.05) is 12.5 Å². The van der Waals surface area contributed by atoms with E-state index in [-0.39, 0.29) is 22.4 Å². The highest BCUT2D eigenvalue weighted by Crippen LogP contribution is 2.54. The van der Waals surface area contributed by atoms with Crippen molar-refractivity contribution in [2.75, 3.05) is 6.54 Å². The highest BCUT2D eigenvalue weighted by Gasteiger charge is 2.52. The maximum atomic E-state index is 13.2. The van der Waals surface area contributed by atoms with E-state index in [4.69, 9.17) is 11.6 Å². The van der Waals surface area contributed by atoms with E-state index in [2.05, 4.69) is 20.7 Å². The molecule has 21 heavy (non-hydrogen) atoms. The molecule has 1 aromatic carbocycles.